The molecule has 200 valence electrons. The zero-order valence-electron chi connectivity index (χ0n) is 21.8. The number of hydrogen-bond acceptors (Lipinski definition) is 6. The van der Waals surface area contributed by atoms with E-state index < -0.39 is 0 Å². The summed E-state index contributed by atoms with van der Waals surface area (Å²) in [6.07, 6.45) is 0.804. The van der Waals surface area contributed by atoms with Gasteiger partial charge in [0, 0.05) is 56.7 Å². The number of benzene rings is 3. The lowest BCUT2D eigenvalue weighted by atomic mass is 10.1. The van der Waals surface area contributed by atoms with Gasteiger partial charge in [0.1, 0.15) is 11.0 Å². The summed E-state index contributed by atoms with van der Waals surface area (Å²) >= 11 is 7.92. The van der Waals surface area contributed by atoms with E-state index in [0.717, 1.165) is 50.5 Å². The Morgan fingerprint density at radius 2 is 1.51 bits per heavy atom. The molecule has 0 saturated carbocycles. The van der Waals surface area contributed by atoms with Crippen LogP contribution in [-0.2, 0) is 18.7 Å². The van der Waals surface area contributed by atoms with Crippen molar-refractivity contribution >= 4 is 35.1 Å². The first-order chi connectivity index (χ1) is 19.1. The Balaban J connectivity index is 1.13. The number of carbonyl (C=O) groups is 1. The lowest BCUT2D eigenvalue weighted by molar-refractivity contribution is 0.0954. The van der Waals surface area contributed by atoms with Crippen molar-refractivity contribution in [3.8, 4) is 0 Å². The number of nitrogens with one attached hydrogen (secondary N) is 1. The van der Waals surface area contributed by atoms with Crippen LogP contribution in [-0.4, -0.2) is 53.5 Å². The highest BCUT2D eigenvalue weighted by atomic mass is 35.5. The average molecular weight is 558 g/mol. The van der Waals surface area contributed by atoms with E-state index in [2.05, 4.69) is 62.6 Å². The monoisotopic (exact) mass is 557 g/mol. The molecule has 8 heteroatoms. The number of halogens is 1. The molecule has 1 aromatic heterocycles. The van der Waals surface area contributed by atoms with Crippen LogP contribution in [0.4, 0.5) is 5.82 Å². The van der Waals surface area contributed by atoms with E-state index in [1.807, 2.05) is 48.5 Å². The minimum atomic E-state index is -0.0644. The minimum absolute atomic E-state index is 0.0644. The molecule has 0 atom stereocenters. The van der Waals surface area contributed by atoms with E-state index in [4.69, 9.17) is 16.6 Å². The summed E-state index contributed by atoms with van der Waals surface area (Å²) in [5.74, 6) is 1.45. The van der Waals surface area contributed by atoms with Gasteiger partial charge in [0.05, 0.1) is 0 Å². The number of thioether (sulfide) groups is 1. The molecule has 1 aliphatic rings. The van der Waals surface area contributed by atoms with Gasteiger partial charge in [-0.2, -0.15) is 0 Å². The number of anilines is 1. The van der Waals surface area contributed by atoms with Crippen molar-refractivity contribution in [1.82, 2.24) is 20.2 Å². The summed E-state index contributed by atoms with van der Waals surface area (Å²) in [6, 6.07) is 30.3. The molecule has 1 N–H and O–H groups in total. The van der Waals surface area contributed by atoms with Crippen LogP contribution in [0.25, 0.3) is 0 Å². The molecule has 39 heavy (non-hydrogen) atoms. The first-order valence-electron chi connectivity index (χ1n) is 13.2. The second-order valence-electron chi connectivity index (χ2n) is 9.56. The van der Waals surface area contributed by atoms with E-state index in [1.54, 1.807) is 0 Å². The van der Waals surface area contributed by atoms with Crippen LogP contribution in [0.5, 0.6) is 0 Å². The van der Waals surface area contributed by atoms with Crippen LogP contribution in [0.2, 0.25) is 5.15 Å². The molecule has 1 fully saturated rings. The van der Waals surface area contributed by atoms with Crippen LogP contribution in [0.1, 0.15) is 27.0 Å². The third kappa shape index (κ3) is 8.05. The standard InChI is InChI=1S/C31H32ClN5OS/c32-28-21-29(37-18-16-36(17-19-37)22-25-10-5-2-6-11-25)35-31(34-28)39-23-26-12-7-13-27(20-26)30(38)33-15-14-24-8-3-1-4-9-24/h1-13,20-21H,14-19,22-23H2,(H,33,38). The summed E-state index contributed by atoms with van der Waals surface area (Å²) in [7, 11) is 0. The van der Waals surface area contributed by atoms with Crippen LogP contribution in [0.3, 0.4) is 0 Å². The maximum atomic E-state index is 12.7. The Labute approximate surface area is 239 Å². The number of piperazine rings is 1. The highest BCUT2D eigenvalue weighted by Crippen LogP contribution is 2.26. The van der Waals surface area contributed by atoms with Gasteiger partial charge in [0.25, 0.3) is 5.91 Å². The second kappa shape index (κ2) is 13.6. The molecular weight excluding hydrogens is 526 g/mol. The molecule has 5 rings (SSSR count). The molecule has 0 unspecified atom stereocenters. The summed E-state index contributed by atoms with van der Waals surface area (Å²) in [4.78, 5) is 26.7. The maximum Gasteiger partial charge on any atom is 0.251 e. The van der Waals surface area contributed by atoms with E-state index in [0.29, 0.717) is 28.2 Å². The summed E-state index contributed by atoms with van der Waals surface area (Å²) in [5, 5.41) is 4.11. The lowest BCUT2D eigenvalue weighted by Gasteiger charge is -2.35. The van der Waals surface area contributed by atoms with E-state index >= 15 is 0 Å². The van der Waals surface area contributed by atoms with Gasteiger partial charge in [-0.05, 0) is 35.2 Å². The molecule has 4 aromatic rings. The number of aromatic nitrogens is 2. The molecule has 2 heterocycles. The molecule has 0 aliphatic carbocycles. The fourth-order valence-corrected chi connectivity index (χ4v) is 5.63. The first-order valence-corrected chi connectivity index (χ1v) is 14.6. The fourth-order valence-electron chi connectivity index (χ4n) is 4.61. The van der Waals surface area contributed by atoms with Gasteiger partial charge in [-0.15, -0.1) is 0 Å². The number of rotatable bonds is 10. The number of amides is 1. The van der Waals surface area contributed by atoms with Crippen molar-refractivity contribution < 1.29 is 4.79 Å². The van der Waals surface area contributed by atoms with Crippen LogP contribution in [0.15, 0.2) is 96.2 Å². The third-order valence-corrected chi connectivity index (χ3v) is 7.82. The highest BCUT2D eigenvalue weighted by molar-refractivity contribution is 7.98. The van der Waals surface area contributed by atoms with Crippen molar-refractivity contribution in [3.63, 3.8) is 0 Å². The van der Waals surface area contributed by atoms with E-state index in [-0.39, 0.29) is 5.91 Å². The van der Waals surface area contributed by atoms with E-state index in [9.17, 15) is 4.79 Å². The van der Waals surface area contributed by atoms with Gasteiger partial charge in [-0.25, -0.2) is 9.97 Å². The molecular formula is C31H32ClN5OS. The smallest absolute Gasteiger partial charge is 0.251 e. The van der Waals surface area contributed by atoms with Gasteiger partial charge in [0.15, 0.2) is 5.16 Å². The predicted octanol–water partition coefficient (Wildman–Crippen LogP) is 5.72. The number of carbonyl (C=O) groups excluding carboxylic acids is 1. The summed E-state index contributed by atoms with van der Waals surface area (Å²) < 4.78 is 0. The molecule has 0 bridgehead atoms. The first kappa shape index (κ1) is 27.2. The SMILES string of the molecule is O=C(NCCc1ccccc1)c1cccc(CSc2nc(Cl)cc(N3CCN(Cc4ccccc4)CC3)n2)c1. The molecule has 3 aromatic carbocycles. The topological polar surface area (TPSA) is 61.4 Å². The Morgan fingerprint density at radius 1 is 0.821 bits per heavy atom. The minimum Gasteiger partial charge on any atom is -0.354 e. The van der Waals surface area contributed by atoms with Gasteiger partial charge in [0.2, 0.25) is 0 Å². The molecule has 1 amide bonds. The van der Waals surface area contributed by atoms with Crippen molar-refractivity contribution in [2.75, 3.05) is 37.6 Å². The Hall–Kier alpha value is -3.39. The predicted molar refractivity (Wildman–Crippen MR) is 159 cm³/mol. The Kier molecular flexibility index (Phi) is 9.48. The summed E-state index contributed by atoms with van der Waals surface area (Å²) in [6.45, 7) is 5.29. The van der Waals surface area contributed by atoms with Crippen molar-refractivity contribution in [3.05, 3.63) is 118 Å². The molecule has 0 spiro atoms. The highest BCUT2D eigenvalue weighted by Gasteiger charge is 2.19. The Bertz CT molecular complexity index is 1360. The van der Waals surface area contributed by atoms with Crippen LogP contribution in [0, 0.1) is 0 Å². The maximum absolute atomic E-state index is 12.7. The van der Waals surface area contributed by atoms with Crippen LogP contribution < -0.4 is 10.2 Å². The normalized spacial score (nSPS) is 13.8. The quantitative estimate of drug-likeness (QED) is 0.153. The number of hydrogen-bond donors (Lipinski definition) is 1. The van der Waals surface area contributed by atoms with E-state index in [1.165, 1.54) is 22.9 Å². The van der Waals surface area contributed by atoms with Gasteiger partial charge in [-0.1, -0.05) is 96.2 Å². The molecule has 6 nitrogen and oxygen atoms in total. The lowest BCUT2D eigenvalue weighted by Crippen LogP contribution is -2.46. The Morgan fingerprint density at radius 3 is 2.26 bits per heavy atom. The summed E-state index contributed by atoms with van der Waals surface area (Å²) in [5.41, 5.74) is 4.24. The molecule has 1 aliphatic heterocycles. The average Bonchev–Trinajstić information content (AvgIpc) is 2.97. The van der Waals surface area contributed by atoms with Gasteiger partial charge < -0.3 is 10.2 Å². The van der Waals surface area contributed by atoms with Crippen molar-refractivity contribution in [2.45, 2.75) is 23.9 Å². The van der Waals surface area contributed by atoms with Crippen molar-refractivity contribution in [2.24, 2.45) is 0 Å². The molecule has 1 saturated heterocycles. The number of nitrogens with zero attached hydrogens (tertiary/aromatic N) is 4. The zero-order valence-corrected chi connectivity index (χ0v) is 23.4. The second-order valence-corrected chi connectivity index (χ2v) is 10.9. The zero-order chi connectivity index (χ0) is 26.9. The third-order valence-electron chi connectivity index (χ3n) is 6.71. The van der Waals surface area contributed by atoms with Gasteiger partial charge in [-0.3, -0.25) is 9.69 Å². The van der Waals surface area contributed by atoms with Crippen molar-refractivity contribution in [1.29, 1.82) is 0 Å². The van der Waals surface area contributed by atoms with Crippen LogP contribution >= 0.6 is 23.4 Å². The fraction of sp³-hybridized carbons (Fsp3) is 0.258. The van der Waals surface area contributed by atoms with Gasteiger partial charge >= 0.3 is 0 Å². The molecule has 0 radical (unpaired) electrons. The largest absolute Gasteiger partial charge is 0.354 e.